The van der Waals surface area contributed by atoms with Gasteiger partial charge in [0.15, 0.2) is 5.82 Å². The lowest BCUT2D eigenvalue weighted by Crippen LogP contribution is -2.24. The number of nitrogens with one attached hydrogen (secondary N) is 2. The van der Waals surface area contributed by atoms with Crippen LogP contribution in [0.2, 0.25) is 0 Å². The molecule has 0 aliphatic rings. The molecule has 3 aromatic rings. The number of rotatable bonds is 7. The van der Waals surface area contributed by atoms with Crippen molar-refractivity contribution in [1.82, 2.24) is 15.3 Å². The molecule has 0 bridgehead atoms. The highest BCUT2D eigenvalue weighted by molar-refractivity contribution is 5.94. The summed E-state index contributed by atoms with van der Waals surface area (Å²) in [6.45, 7) is 3.92. The highest BCUT2D eigenvalue weighted by Gasteiger charge is 2.13. The topological polar surface area (TPSA) is 93.2 Å². The van der Waals surface area contributed by atoms with Gasteiger partial charge >= 0.3 is 5.97 Å². The maximum Gasteiger partial charge on any atom is 0.337 e. The molecule has 2 N–H and O–H groups in total. The van der Waals surface area contributed by atoms with E-state index in [0.717, 1.165) is 5.56 Å². The zero-order valence-corrected chi connectivity index (χ0v) is 15.9. The molecule has 2 aromatic carbocycles. The summed E-state index contributed by atoms with van der Waals surface area (Å²) in [5.74, 6) is 0.0507. The summed E-state index contributed by atoms with van der Waals surface area (Å²) in [5, 5.41) is 5.84. The Morgan fingerprint density at radius 3 is 2.59 bits per heavy atom. The Hall–Kier alpha value is -4.00. The number of anilines is 2. The summed E-state index contributed by atoms with van der Waals surface area (Å²) < 4.78 is 4.75. The van der Waals surface area contributed by atoms with Gasteiger partial charge in [0.2, 0.25) is 0 Å². The van der Waals surface area contributed by atoms with Crippen LogP contribution in [0.3, 0.4) is 0 Å². The van der Waals surface area contributed by atoms with E-state index in [1.54, 1.807) is 36.4 Å². The van der Waals surface area contributed by atoms with E-state index in [1.165, 1.54) is 7.11 Å². The number of benzene rings is 2. The molecule has 146 valence electrons. The molecule has 1 amide bonds. The second-order valence-corrected chi connectivity index (χ2v) is 6.02. The number of nitrogens with zero attached hydrogens (tertiary/aromatic N) is 2. The summed E-state index contributed by atoms with van der Waals surface area (Å²) >= 11 is 0. The van der Waals surface area contributed by atoms with Crippen LogP contribution in [0.25, 0.3) is 11.4 Å². The molecule has 3 rings (SSSR count). The molecular weight excluding hydrogens is 368 g/mol. The van der Waals surface area contributed by atoms with E-state index in [-0.39, 0.29) is 11.6 Å². The van der Waals surface area contributed by atoms with Gasteiger partial charge in [-0.2, -0.15) is 0 Å². The number of esters is 1. The first kappa shape index (κ1) is 19.8. The minimum atomic E-state index is -0.439. The predicted octanol–water partition coefficient (Wildman–Crippen LogP) is 3.59. The van der Waals surface area contributed by atoms with Crippen LogP contribution in [0.5, 0.6) is 0 Å². The lowest BCUT2D eigenvalue weighted by atomic mass is 10.2. The highest BCUT2D eigenvalue weighted by Crippen LogP contribution is 2.21. The van der Waals surface area contributed by atoms with E-state index >= 15 is 0 Å². The third kappa shape index (κ3) is 5.04. The van der Waals surface area contributed by atoms with Gasteiger partial charge in [-0.3, -0.25) is 4.79 Å². The third-order valence-electron chi connectivity index (χ3n) is 3.95. The second kappa shape index (κ2) is 9.27. The Balaban J connectivity index is 1.98. The predicted molar refractivity (Wildman–Crippen MR) is 111 cm³/mol. The standard InChI is InChI=1S/C22H20N4O3/c1-3-12-23-21(27)18-14-19(26-20(25-18)15-8-5-4-6-9-15)24-17-11-7-10-16(13-17)22(28)29-2/h3-11,13-14H,1,12H2,2H3,(H,23,27)(H,24,25,26). The lowest BCUT2D eigenvalue weighted by Gasteiger charge is -2.11. The second-order valence-electron chi connectivity index (χ2n) is 6.02. The normalized spacial score (nSPS) is 10.1. The smallest absolute Gasteiger partial charge is 0.337 e. The van der Waals surface area contributed by atoms with Crippen LogP contribution >= 0.6 is 0 Å². The minimum absolute atomic E-state index is 0.215. The molecule has 0 unspecified atom stereocenters. The third-order valence-corrected chi connectivity index (χ3v) is 3.95. The molecule has 0 saturated carbocycles. The summed E-state index contributed by atoms with van der Waals surface area (Å²) in [6, 6.07) is 17.7. The minimum Gasteiger partial charge on any atom is -0.465 e. The fourth-order valence-electron chi connectivity index (χ4n) is 2.59. The first-order chi connectivity index (χ1) is 14.1. The molecular formula is C22H20N4O3. The van der Waals surface area contributed by atoms with E-state index in [2.05, 4.69) is 27.2 Å². The van der Waals surface area contributed by atoms with Gasteiger partial charge in [0, 0.05) is 23.9 Å². The van der Waals surface area contributed by atoms with Crippen LogP contribution in [0.1, 0.15) is 20.8 Å². The zero-order chi connectivity index (χ0) is 20.6. The Labute approximate surface area is 168 Å². The number of aromatic nitrogens is 2. The van der Waals surface area contributed by atoms with Crippen LogP contribution in [0, 0.1) is 0 Å². The Kier molecular flexibility index (Phi) is 6.32. The van der Waals surface area contributed by atoms with E-state index < -0.39 is 5.97 Å². The van der Waals surface area contributed by atoms with Gasteiger partial charge in [-0.25, -0.2) is 14.8 Å². The van der Waals surface area contributed by atoms with Crippen LogP contribution in [-0.4, -0.2) is 35.5 Å². The van der Waals surface area contributed by atoms with Crippen LogP contribution < -0.4 is 10.6 Å². The van der Waals surface area contributed by atoms with Crippen molar-refractivity contribution in [3.05, 3.63) is 84.6 Å². The molecule has 0 spiro atoms. The van der Waals surface area contributed by atoms with Crippen molar-refractivity contribution in [3.63, 3.8) is 0 Å². The number of amides is 1. The Bertz CT molecular complexity index is 1040. The number of ether oxygens (including phenoxy) is 1. The fourth-order valence-corrected chi connectivity index (χ4v) is 2.59. The van der Waals surface area contributed by atoms with E-state index in [9.17, 15) is 9.59 Å². The molecule has 0 radical (unpaired) electrons. The van der Waals surface area contributed by atoms with Crippen LogP contribution in [-0.2, 0) is 4.74 Å². The molecule has 0 aliphatic carbocycles. The number of hydrogen-bond donors (Lipinski definition) is 2. The lowest BCUT2D eigenvalue weighted by molar-refractivity contribution is 0.0600. The van der Waals surface area contributed by atoms with Gasteiger partial charge in [0.1, 0.15) is 11.5 Å². The van der Waals surface area contributed by atoms with Gasteiger partial charge < -0.3 is 15.4 Å². The quantitative estimate of drug-likeness (QED) is 0.475. The number of carbonyl (C=O) groups is 2. The van der Waals surface area contributed by atoms with Crippen molar-refractivity contribution in [2.24, 2.45) is 0 Å². The maximum atomic E-state index is 12.4. The molecule has 0 saturated heterocycles. The van der Waals surface area contributed by atoms with Gasteiger partial charge in [0.25, 0.3) is 5.91 Å². The number of carbonyl (C=O) groups excluding carboxylic acids is 2. The molecule has 1 aromatic heterocycles. The highest BCUT2D eigenvalue weighted by atomic mass is 16.5. The van der Waals surface area contributed by atoms with Crippen LogP contribution in [0.4, 0.5) is 11.5 Å². The van der Waals surface area contributed by atoms with E-state index in [1.807, 2.05) is 30.3 Å². The van der Waals surface area contributed by atoms with Gasteiger partial charge in [0.05, 0.1) is 12.7 Å². The van der Waals surface area contributed by atoms with Crippen molar-refractivity contribution in [2.75, 3.05) is 19.0 Å². The summed E-state index contributed by atoms with van der Waals surface area (Å²) in [7, 11) is 1.33. The number of methoxy groups -OCH3 is 1. The molecule has 7 heteroatoms. The van der Waals surface area contributed by atoms with Gasteiger partial charge in [-0.15, -0.1) is 6.58 Å². The molecule has 1 heterocycles. The van der Waals surface area contributed by atoms with Crippen molar-refractivity contribution in [3.8, 4) is 11.4 Å². The average Bonchev–Trinajstić information content (AvgIpc) is 2.77. The van der Waals surface area contributed by atoms with Crippen molar-refractivity contribution < 1.29 is 14.3 Å². The van der Waals surface area contributed by atoms with Crippen molar-refractivity contribution in [2.45, 2.75) is 0 Å². The molecule has 0 aliphatic heterocycles. The van der Waals surface area contributed by atoms with E-state index in [0.29, 0.717) is 29.4 Å². The monoisotopic (exact) mass is 388 g/mol. The van der Waals surface area contributed by atoms with E-state index in [4.69, 9.17) is 4.74 Å². The zero-order valence-electron chi connectivity index (χ0n) is 15.9. The molecule has 0 atom stereocenters. The summed E-state index contributed by atoms with van der Waals surface area (Å²) in [5.41, 5.74) is 2.02. The van der Waals surface area contributed by atoms with Gasteiger partial charge in [-0.1, -0.05) is 42.5 Å². The van der Waals surface area contributed by atoms with Crippen LogP contribution in [0.15, 0.2) is 73.3 Å². The first-order valence-corrected chi connectivity index (χ1v) is 8.89. The Morgan fingerprint density at radius 2 is 1.86 bits per heavy atom. The molecule has 29 heavy (non-hydrogen) atoms. The average molecular weight is 388 g/mol. The SMILES string of the molecule is C=CCNC(=O)c1cc(Nc2cccc(C(=O)OC)c2)nc(-c2ccccc2)n1. The Morgan fingerprint density at radius 1 is 1.07 bits per heavy atom. The molecule has 7 nitrogen and oxygen atoms in total. The summed E-state index contributed by atoms with van der Waals surface area (Å²) in [6.07, 6.45) is 1.59. The fraction of sp³-hybridized carbons (Fsp3) is 0.0909. The number of hydrogen-bond acceptors (Lipinski definition) is 6. The van der Waals surface area contributed by atoms with Crippen molar-refractivity contribution >= 4 is 23.4 Å². The summed E-state index contributed by atoms with van der Waals surface area (Å²) in [4.78, 5) is 33.1. The first-order valence-electron chi connectivity index (χ1n) is 8.89. The molecule has 0 fully saturated rings. The van der Waals surface area contributed by atoms with Gasteiger partial charge in [-0.05, 0) is 18.2 Å². The van der Waals surface area contributed by atoms with Crippen molar-refractivity contribution in [1.29, 1.82) is 0 Å². The maximum absolute atomic E-state index is 12.4. The largest absolute Gasteiger partial charge is 0.465 e.